The number of nitrogens with one attached hydrogen (secondary N) is 1. The molecule has 1 N–H and O–H groups in total. The van der Waals surface area contributed by atoms with Gasteiger partial charge in [0.25, 0.3) is 0 Å². The van der Waals surface area contributed by atoms with Crippen LogP contribution in [-0.2, 0) is 112 Å². The molecule has 2 saturated heterocycles. The van der Waals surface area contributed by atoms with Crippen LogP contribution >= 0.6 is 0 Å². The van der Waals surface area contributed by atoms with E-state index < -0.39 is 146 Å². The van der Waals surface area contributed by atoms with Crippen molar-refractivity contribution in [3.8, 4) is 17.2 Å². The fourth-order valence-corrected chi connectivity index (χ4v) is 8.95. The van der Waals surface area contributed by atoms with Crippen molar-refractivity contribution in [2.75, 3.05) is 41.7 Å². The zero-order chi connectivity index (χ0) is 56.1. The second-order valence-electron chi connectivity index (χ2n) is 17.2. The zero-order valence-corrected chi connectivity index (χ0v) is 43.8. The van der Waals surface area contributed by atoms with Crippen LogP contribution < -0.4 is 19.5 Å². The molecule has 2 heterocycles. The third-order valence-electron chi connectivity index (χ3n) is 11.6. The van der Waals surface area contributed by atoms with Gasteiger partial charge in [-0.1, -0.05) is 6.07 Å². The van der Waals surface area contributed by atoms with Gasteiger partial charge in [-0.2, -0.15) is 0 Å². The van der Waals surface area contributed by atoms with Crippen molar-refractivity contribution in [1.82, 2.24) is 5.32 Å². The summed E-state index contributed by atoms with van der Waals surface area (Å²) in [4.78, 5) is 128. The Labute approximate surface area is 431 Å². The fourth-order valence-electron chi connectivity index (χ4n) is 8.95. The number of benzene rings is 2. The summed E-state index contributed by atoms with van der Waals surface area (Å²) in [6, 6.07) is 6.22. The number of hydrogen-bond acceptors (Lipinski definition) is 24. The van der Waals surface area contributed by atoms with E-state index in [0.717, 1.165) is 69.4 Å². The molecule has 0 spiro atoms. The summed E-state index contributed by atoms with van der Waals surface area (Å²) < 4.78 is 80.6. The molecule has 2 aromatic carbocycles. The van der Waals surface area contributed by atoms with Gasteiger partial charge >= 0.3 is 53.7 Å². The van der Waals surface area contributed by atoms with Crippen LogP contribution in [0.25, 0.3) is 0 Å². The first-order chi connectivity index (χ1) is 35.3. The third kappa shape index (κ3) is 15.5. The zero-order valence-electron chi connectivity index (χ0n) is 43.8. The topological polar surface area (TPSA) is 312 Å². The lowest BCUT2D eigenvalue weighted by Gasteiger charge is -2.49. The van der Waals surface area contributed by atoms with E-state index in [9.17, 15) is 47.9 Å². The molecule has 2 aliphatic rings. The summed E-state index contributed by atoms with van der Waals surface area (Å²) in [7, 11) is 5.02. The smallest absolute Gasteiger partial charge is 0.343 e. The first-order valence-corrected chi connectivity index (χ1v) is 23.2. The van der Waals surface area contributed by atoms with E-state index in [0.29, 0.717) is 11.1 Å². The van der Waals surface area contributed by atoms with Crippen LogP contribution in [-0.4, -0.2) is 156 Å². The lowest BCUT2D eigenvalue weighted by molar-refractivity contribution is -0.254. The van der Waals surface area contributed by atoms with Gasteiger partial charge in [-0.25, -0.2) is 4.79 Å². The van der Waals surface area contributed by atoms with Crippen molar-refractivity contribution >= 4 is 59.6 Å². The highest BCUT2D eigenvalue weighted by molar-refractivity contribution is 5.84. The Morgan fingerprint density at radius 2 is 1.20 bits per heavy atom. The highest BCUT2D eigenvalue weighted by Crippen LogP contribution is 2.48. The minimum absolute atomic E-state index is 0.0623. The number of esters is 9. The second-order valence-corrected chi connectivity index (χ2v) is 17.2. The Morgan fingerprint density at radius 3 is 1.72 bits per heavy atom. The fraction of sp³-hybridized carbons (Fsp3) is 0.560. The molecular formula is C50H63NO24. The molecular weight excluding hydrogens is 999 g/mol. The van der Waals surface area contributed by atoms with Crippen LogP contribution in [0.4, 0.5) is 0 Å². The van der Waals surface area contributed by atoms with Crippen molar-refractivity contribution < 1.29 is 114 Å². The maximum absolute atomic E-state index is 14.7. The van der Waals surface area contributed by atoms with Crippen molar-refractivity contribution in [2.45, 2.75) is 142 Å². The number of amides is 1. The summed E-state index contributed by atoms with van der Waals surface area (Å²) in [5, 5.41) is 2.64. The number of ether oxygens (including phenoxy) is 14. The van der Waals surface area contributed by atoms with Gasteiger partial charge < -0.3 is 71.6 Å². The lowest BCUT2D eigenvalue weighted by atomic mass is 9.78. The van der Waals surface area contributed by atoms with Crippen molar-refractivity contribution in [2.24, 2.45) is 0 Å². The standard InChI is InChI=1S/C50H63NO24/c1-23(52)51-42-39(68-26(4)55)20-50(49(61)65-13,75-46(42)44(70-28(6)57)40(69-27(5)56)21-66-24(2)53)35-18-33(37(63-11)19-38(35)64-12)16-32-14-15-36(62-10)34(17-32)43-47(72-30(8)59)48(73-31(9)60)45(71-29(7)58)41(74-43)22-67-25(3)54/h14-15,17-19,39-48H,16,20-22H2,1-13H3,(H,51,52)/t39-,40+,41+,42+,43-,44+,45-,46?,47-,48-,50-/m0/s1. The van der Waals surface area contributed by atoms with Crippen LogP contribution in [0.3, 0.4) is 0 Å². The van der Waals surface area contributed by atoms with E-state index in [2.05, 4.69) is 5.32 Å². The minimum Gasteiger partial charge on any atom is -0.496 e. The Balaban J connectivity index is 2.04. The first-order valence-electron chi connectivity index (χ1n) is 23.2. The summed E-state index contributed by atoms with van der Waals surface area (Å²) in [6.07, 6.45) is -14.6. The predicted octanol–water partition coefficient (Wildman–Crippen LogP) is 2.12. The van der Waals surface area contributed by atoms with Crippen molar-refractivity contribution in [1.29, 1.82) is 0 Å². The molecule has 0 aliphatic carbocycles. The molecule has 1 unspecified atom stereocenters. The average Bonchev–Trinajstić information content (AvgIpc) is 3.31. The molecule has 75 heavy (non-hydrogen) atoms. The van der Waals surface area contributed by atoms with Gasteiger partial charge in [0.15, 0.2) is 36.1 Å². The molecule has 25 nitrogen and oxygen atoms in total. The van der Waals surface area contributed by atoms with Gasteiger partial charge in [-0.05, 0) is 29.3 Å². The molecule has 0 radical (unpaired) electrons. The number of carbonyl (C=O) groups excluding carboxylic acids is 10. The van der Waals surface area contributed by atoms with E-state index in [-0.39, 0.29) is 34.8 Å². The predicted molar refractivity (Wildman–Crippen MR) is 250 cm³/mol. The molecule has 2 aromatic rings. The molecule has 0 bridgehead atoms. The van der Waals surface area contributed by atoms with E-state index in [1.807, 2.05) is 0 Å². The molecule has 2 aliphatic heterocycles. The van der Waals surface area contributed by atoms with Crippen LogP contribution in [0.15, 0.2) is 30.3 Å². The number of rotatable bonds is 21. The monoisotopic (exact) mass is 1060 g/mol. The summed E-state index contributed by atoms with van der Waals surface area (Å²) in [5.41, 5.74) is -1.55. The molecule has 11 atom stereocenters. The largest absolute Gasteiger partial charge is 0.496 e. The van der Waals surface area contributed by atoms with Gasteiger partial charge in [0.1, 0.15) is 54.9 Å². The molecule has 4 rings (SSSR count). The normalized spacial score (nSPS) is 23.7. The van der Waals surface area contributed by atoms with Gasteiger partial charge in [-0.3, -0.25) is 43.2 Å². The Hall–Kier alpha value is -7.54. The Morgan fingerprint density at radius 1 is 0.627 bits per heavy atom. The first kappa shape index (κ1) is 60.0. The average molecular weight is 1060 g/mol. The Bertz CT molecular complexity index is 2470. The maximum atomic E-state index is 14.7. The van der Waals surface area contributed by atoms with E-state index >= 15 is 0 Å². The van der Waals surface area contributed by atoms with Crippen LogP contribution in [0, 0.1) is 0 Å². The van der Waals surface area contributed by atoms with Gasteiger partial charge in [0.2, 0.25) is 5.91 Å². The molecule has 1 amide bonds. The number of methoxy groups -OCH3 is 4. The van der Waals surface area contributed by atoms with E-state index in [1.54, 1.807) is 18.2 Å². The highest BCUT2D eigenvalue weighted by Gasteiger charge is 2.60. The van der Waals surface area contributed by atoms with Gasteiger partial charge in [0.05, 0.1) is 34.5 Å². The van der Waals surface area contributed by atoms with E-state index in [1.165, 1.54) is 33.5 Å². The van der Waals surface area contributed by atoms with Crippen LogP contribution in [0.2, 0.25) is 0 Å². The maximum Gasteiger partial charge on any atom is 0.343 e. The van der Waals surface area contributed by atoms with Crippen LogP contribution in [0.1, 0.15) is 97.1 Å². The number of hydrogen-bond donors (Lipinski definition) is 1. The SMILES string of the molecule is COC(=O)[C@@]1(c2cc(Cc3ccc(OC)c([C@@H]4O[C@H](COC(C)=O)[C@H](OC(C)=O)[C@H](OC(C)=O)[C@H]4OC(C)=O)c3)c(OC)cc2OC)C[C@H](OC(C)=O)[C@@H](NC(C)=O)C([C@H](OC(C)=O)[C@@H](COC(C)=O)OC(C)=O)O1. The summed E-state index contributed by atoms with van der Waals surface area (Å²) in [6.45, 7) is 8.49. The van der Waals surface area contributed by atoms with Gasteiger partial charge in [-0.15, -0.1) is 0 Å². The number of carbonyl (C=O) groups is 10. The summed E-state index contributed by atoms with van der Waals surface area (Å²) >= 11 is 0. The molecule has 2 fully saturated rings. The van der Waals surface area contributed by atoms with E-state index in [4.69, 9.17) is 66.3 Å². The third-order valence-corrected chi connectivity index (χ3v) is 11.6. The quantitative estimate of drug-likeness (QED) is 0.138. The van der Waals surface area contributed by atoms with Crippen molar-refractivity contribution in [3.63, 3.8) is 0 Å². The molecule has 0 saturated carbocycles. The highest BCUT2D eigenvalue weighted by atomic mass is 16.7. The minimum atomic E-state index is -2.43. The second kappa shape index (κ2) is 26.6. The lowest BCUT2D eigenvalue weighted by Crippen LogP contribution is -2.67. The van der Waals surface area contributed by atoms with Crippen LogP contribution in [0.5, 0.6) is 17.2 Å². The molecule has 25 heteroatoms. The van der Waals surface area contributed by atoms with Gasteiger partial charge in [0, 0.05) is 92.3 Å². The summed E-state index contributed by atoms with van der Waals surface area (Å²) in [5.74, 6) is -8.39. The molecule has 0 aromatic heterocycles. The Kier molecular flexibility index (Phi) is 21.3. The molecule has 412 valence electrons. The van der Waals surface area contributed by atoms with Crippen molar-refractivity contribution in [3.05, 3.63) is 52.6 Å².